The van der Waals surface area contributed by atoms with Gasteiger partial charge in [-0.25, -0.2) is 0 Å². The molecule has 2 bridgehead atoms. The molecule has 6 rings (SSSR count). The summed E-state index contributed by atoms with van der Waals surface area (Å²) in [6.45, 7) is 2.09. The molecular formula is C26H26N2O2S2. The van der Waals surface area contributed by atoms with Crippen LogP contribution in [0.2, 0.25) is 0 Å². The highest BCUT2D eigenvalue weighted by Gasteiger charge is 2.55. The number of benzene rings is 2. The Morgan fingerprint density at radius 2 is 1.81 bits per heavy atom. The summed E-state index contributed by atoms with van der Waals surface area (Å²) in [6, 6.07) is 18.5. The smallest absolute Gasteiger partial charge is 0.308 e. The van der Waals surface area contributed by atoms with Gasteiger partial charge in [-0.3, -0.25) is 14.2 Å². The van der Waals surface area contributed by atoms with Gasteiger partial charge in [-0.05, 0) is 61.6 Å². The number of anilines is 1. The molecule has 164 valence electrons. The van der Waals surface area contributed by atoms with Crippen LogP contribution in [-0.4, -0.2) is 15.7 Å². The normalized spacial score (nSPS) is 27.7. The molecule has 0 unspecified atom stereocenters. The molecule has 5 atom stereocenters. The van der Waals surface area contributed by atoms with Crippen LogP contribution in [0.15, 0.2) is 64.4 Å². The topological polar surface area (TPSA) is 51.1 Å². The van der Waals surface area contributed by atoms with E-state index in [0.29, 0.717) is 11.2 Å². The molecule has 4 nitrogen and oxygen atoms in total. The van der Waals surface area contributed by atoms with E-state index in [1.807, 2.05) is 43.0 Å². The number of thiazole rings is 1. The van der Waals surface area contributed by atoms with Crippen molar-refractivity contribution in [1.29, 1.82) is 0 Å². The Balaban J connectivity index is 1.35. The molecule has 2 fully saturated rings. The highest BCUT2D eigenvalue weighted by molar-refractivity contribution is 8.00. The first-order valence-corrected chi connectivity index (χ1v) is 13.1. The van der Waals surface area contributed by atoms with Gasteiger partial charge in [-0.2, -0.15) is 0 Å². The number of rotatable bonds is 4. The third-order valence-corrected chi connectivity index (χ3v) is 10.3. The molecule has 3 aromatic rings. The van der Waals surface area contributed by atoms with Crippen molar-refractivity contribution in [3.8, 4) is 0 Å². The molecule has 1 amide bonds. The molecule has 2 aromatic carbocycles. The van der Waals surface area contributed by atoms with Crippen molar-refractivity contribution in [3.05, 3.63) is 80.3 Å². The predicted octanol–water partition coefficient (Wildman–Crippen LogP) is 5.51. The fourth-order valence-electron chi connectivity index (χ4n) is 6.10. The number of hydrogen-bond acceptors (Lipinski definition) is 4. The van der Waals surface area contributed by atoms with Crippen LogP contribution in [0, 0.1) is 24.7 Å². The van der Waals surface area contributed by atoms with Crippen LogP contribution in [0.5, 0.6) is 0 Å². The Kier molecular flexibility index (Phi) is 5.03. The lowest BCUT2D eigenvalue weighted by atomic mass is 9.75. The average molecular weight is 463 g/mol. The molecular weight excluding hydrogens is 436 g/mol. The SMILES string of the molecule is Cc1ccc(NC(=O)Cn2c3c(sc2=O)[C@@H](c2ccccc2)[C@@H]2[C@H]4CC[C@@H](C4)[C@H]2S3)cc1. The molecule has 6 heteroatoms. The zero-order valence-electron chi connectivity index (χ0n) is 18.0. The fourth-order valence-corrected chi connectivity index (χ4v) is 9.25. The van der Waals surface area contributed by atoms with Gasteiger partial charge in [0.2, 0.25) is 5.91 Å². The average Bonchev–Trinajstić information content (AvgIpc) is 3.49. The van der Waals surface area contributed by atoms with Crippen LogP contribution in [0.3, 0.4) is 0 Å². The number of aromatic nitrogens is 1. The second kappa shape index (κ2) is 7.92. The molecule has 2 heterocycles. The maximum Gasteiger partial charge on any atom is 0.308 e. The molecule has 1 aromatic heterocycles. The summed E-state index contributed by atoms with van der Waals surface area (Å²) in [5.41, 5.74) is 3.23. The van der Waals surface area contributed by atoms with Crippen LogP contribution < -0.4 is 10.2 Å². The molecule has 1 aliphatic heterocycles. The summed E-state index contributed by atoms with van der Waals surface area (Å²) in [7, 11) is 0. The van der Waals surface area contributed by atoms with Crippen molar-refractivity contribution in [3.63, 3.8) is 0 Å². The second-order valence-electron chi connectivity index (χ2n) is 9.42. The van der Waals surface area contributed by atoms with Crippen LogP contribution >= 0.6 is 23.1 Å². The van der Waals surface area contributed by atoms with Crippen molar-refractivity contribution in [1.82, 2.24) is 4.57 Å². The minimum Gasteiger partial charge on any atom is -0.325 e. The number of amides is 1. The Labute approximate surface area is 196 Å². The van der Waals surface area contributed by atoms with E-state index in [0.717, 1.165) is 28.1 Å². The number of thioether (sulfide) groups is 1. The molecule has 3 aliphatic rings. The van der Waals surface area contributed by atoms with E-state index in [1.54, 1.807) is 4.57 Å². The first kappa shape index (κ1) is 20.3. The van der Waals surface area contributed by atoms with Crippen molar-refractivity contribution in [2.24, 2.45) is 17.8 Å². The monoisotopic (exact) mass is 462 g/mol. The molecule has 0 radical (unpaired) electrons. The van der Waals surface area contributed by atoms with Crippen molar-refractivity contribution in [2.75, 3.05) is 5.32 Å². The van der Waals surface area contributed by atoms with Crippen LogP contribution in [0.25, 0.3) is 0 Å². The Bertz CT molecular complexity index is 1210. The third-order valence-electron chi connectivity index (χ3n) is 7.49. The van der Waals surface area contributed by atoms with Gasteiger partial charge in [-0.1, -0.05) is 59.4 Å². The van der Waals surface area contributed by atoms with Crippen LogP contribution in [0.1, 0.15) is 41.2 Å². The summed E-state index contributed by atoms with van der Waals surface area (Å²) >= 11 is 3.23. The number of carbonyl (C=O) groups excluding carboxylic acids is 1. The molecule has 2 aliphatic carbocycles. The van der Waals surface area contributed by atoms with Gasteiger partial charge in [0.1, 0.15) is 6.54 Å². The van der Waals surface area contributed by atoms with Gasteiger partial charge in [0.25, 0.3) is 0 Å². The maximum absolute atomic E-state index is 13.1. The van der Waals surface area contributed by atoms with Crippen molar-refractivity contribution in [2.45, 2.75) is 48.9 Å². The minimum atomic E-state index is -0.150. The number of nitrogens with one attached hydrogen (secondary N) is 1. The zero-order chi connectivity index (χ0) is 21.8. The van der Waals surface area contributed by atoms with E-state index in [9.17, 15) is 9.59 Å². The number of aryl methyl sites for hydroxylation is 1. The Hall–Kier alpha value is -2.31. The number of nitrogens with zero attached hydrogens (tertiary/aromatic N) is 1. The summed E-state index contributed by atoms with van der Waals surface area (Å²) in [5, 5.41) is 4.53. The Morgan fingerprint density at radius 1 is 1.06 bits per heavy atom. The van der Waals surface area contributed by atoms with Crippen LogP contribution in [-0.2, 0) is 11.3 Å². The van der Waals surface area contributed by atoms with Gasteiger partial charge in [-0.15, -0.1) is 11.8 Å². The summed E-state index contributed by atoms with van der Waals surface area (Å²) < 4.78 is 1.73. The largest absolute Gasteiger partial charge is 0.325 e. The first-order chi connectivity index (χ1) is 15.6. The van der Waals surface area contributed by atoms with Gasteiger partial charge in [0.15, 0.2) is 0 Å². The van der Waals surface area contributed by atoms with E-state index >= 15 is 0 Å². The maximum atomic E-state index is 13.1. The fraction of sp³-hybridized carbons (Fsp3) is 0.385. The molecule has 0 saturated heterocycles. The summed E-state index contributed by atoms with van der Waals surface area (Å²) in [4.78, 5) is 27.1. The van der Waals surface area contributed by atoms with Crippen molar-refractivity contribution >= 4 is 34.7 Å². The third kappa shape index (κ3) is 3.35. The quantitative estimate of drug-likeness (QED) is 0.556. The van der Waals surface area contributed by atoms with Gasteiger partial charge in [0, 0.05) is 21.7 Å². The van der Waals surface area contributed by atoms with Gasteiger partial charge in [0.05, 0.1) is 5.03 Å². The molecule has 32 heavy (non-hydrogen) atoms. The van der Waals surface area contributed by atoms with E-state index in [4.69, 9.17) is 0 Å². The van der Waals surface area contributed by atoms with Gasteiger partial charge < -0.3 is 5.32 Å². The van der Waals surface area contributed by atoms with E-state index in [2.05, 4.69) is 35.6 Å². The lowest BCUT2D eigenvalue weighted by molar-refractivity contribution is -0.116. The lowest BCUT2D eigenvalue weighted by Gasteiger charge is -2.40. The standard InChI is InChI=1S/C26H26N2O2S2/c1-15-7-11-19(12-8-15)27-20(29)14-28-25-24(32-26(28)30)21(16-5-3-2-4-6-16)22-17-9-10-18(13-17)23(22)31-25/h2-8,11-12,17-18,21-23H,9-10,13-14H2,1H3,(H,27,29)/t17-,18-,21-,22-,23+/m0/s1. The van der Waals surface area contributed by atoms with E-state index < -0.39 is 0 Å². The van der Waals surface area contributed by atoms with E-state index in [1.165, 1.54) is 41.0 Å². The summed E-state index contributed by atoms with van der Waals surface area (Å²) in [6.07, 6.45) is 3.94. The van der Waals surface area contributed by atoms with Crippen molar-refractivity contribution < 1.29 is 4.79 Å². The van der Waals surface area contributed by atoms with E-state index in [-0.39, 0.29) is 23.2 Å². The lowest BCUT2D eigenvalue weighted by Crippen LogP contribution is -2.34. The minimum absolute atomic E-state index is 0.0187. The second-order valence-corrected chi connectivity index (χ2v) is 11.6. The number of fused-ring (bicyclic) bond motifs is 6. The molecule has 0 spiro atoms. The first-order valence-electron chi connectivity index (χ1n) is 11.4. The highest BCUT2D eigenvalue weighted by Crippen LogP contribution is 2.63. The predicted molar refractivity (Wildman–Crippen MR) is 131 cm³/mol. The van der Waals surface area contributed by atoms with Gasteiger partial charge >= 0.3 is 4.87 Å². The molecule has 1 N–H and O–H groups in total. The summed E-state index contributed by atoms with van der Waals surface area (Å²) in [5.74, 6) is 2.21. The highest BCUT2D eigenvalue weighted by atomic mass is 32.2. The number of carbonyl (C=O) groups is 1. The Morgan fingerprint density at radius 3 is 2.59 bits per heavy atom. The molecule has 2 saturated carbocycles. The zero-order valence-corrected chi connectivity index (χ0v) is 19.6. The number of hydrogen-bond donors (Lipinski definition) is 1. The van der Waals surface area contributed by atoms with Crippen LogP contribution in [0.4, 0.5) is 5.69 Å².